The van der Waals surface area contributed by atoms with E-state index in [9.17, 15) is 14.9 Å². The Morgan fingerprint density at radius 3 is 2.58 bits per heavy atom. The first-order valence-electron chi connectivity index (χ1n) is 9.17. The minimum absolute atomic E-state index is 0.0533. The fourth-order valence-electron chi connectivity index (χ4n) is 3.27. The van der Waals surface area contributed by atoms with Crippen molar-refractivity contribution < 1.29 is 23.6 Å². The molecule has 1 amide bonds. The van der Waals surface area contributed by atoms with Crippen LogP contribution in [-0.2, 0) is 0 Å². The SMILES string of the molecule is COc1cc(OC)c([N+](=O)[O-])cc1/C=N/NC(=O)c1cc2c(ccc3ccccc32)o1. The first-order valence-corrected chi connectivity index (χ1v) is 9.17. The number of hydrazone groups is 1. The molecule has 0 unspecified atom stereocenters. The third kappa shape index (κ3) is 3.76. The van der Waals surface area contributed by atoms with Crippen LogP contribution in [0, 0.1) is 10.1 Å². The lowest BCUT2D eigenvalue weighted by Crippen LogP contribution is -2.16. The van der Waals surface area contributed by atoms with Crippen LogP contribution in [0.25, 0.3) is 21.7 Å². The van der Waals surface area contributed by atoms with Crippen molar-refractivity contribution in [1.82, 2.24) is 5.43 Å². The van der Waals surface area contributed by atoms with Crippen LogP contribution in [0.1, 0.15) is 16.1 Å². The molecule has 31 heavy (non-hydrogen) atoms. The first kappa shape index (κ1) is 19.9. The Labute approximate surface area is 176 Å². The molecular weight excluding hydrogens is 402 g/mol. The van der Waals surface area contributed by atoms with E-state index in [-0.39, 0.29) is 17.2 Å². The van der Waals surface area contributed by atoms with Crippen LogP contribution in [-0.4, -0.2) is 31.3 Å². The monoisotopic (exact) mass is 419 g/mol. The molecule has 0 spiro atoms. The molecule has 0 atom stereocenters. The number of nitro benzene ring substituents is 1. The summed E-state index contributed by atoms with van der Waals surface area (Å²) in [5.74, 6) is -0.108. The molecule has 0 radical (unpaired) electrons. The van der Waals surface area contributed by atoms with E-state index >= 15 is 0 Å². The fourth-order valence-corrected chi connectivity index (χ4v) is 3.27. The normalized spacial score (nSPS) is 11.2. The van der Waals surface area contributed by atoms with Gasteiger partial charge in [0.25, 0.3) is 0 Å². The van der Waals surface area contributed by atoms with E-state index in [0.29, 0.717) is 16.9 Å². The maximum Gasteiger partial charge on any atom is 0.311 e. The van der Waals surface area contributed by atoms with Crippen LogP contribution in [0.4, 0.5) is 5.69 Å². The van der Waals surface area contributed by atoms with Crippen molar-refractivity contribution in [3.05, 3.63) is 76.0 Å². The molecule has 9 heteroatoms. The van der Waals surface area contributed by atoms with Crippen LogP contribution in [0.5, 0.6) is 11.5 Å². The third-order valence-corrected chi connectivity index (χ3v) is 4.75. The summed E-state index contributed by atoms with van der Waals surface area (Å²) in [4.78, 5) is 23.2. The maximum absolute atomic E-state index is 12.5. The number of ether oxygens (including phenoxy) is 2. The lowest BCUT2D eigenvalue weighted by atomic mass is 10.1. The van der Waals surface area contributed by atoms with E-state index in [1.807, 2.05) is 30.3 Å². The van der Waals surface area contributed by atoms with Crippen LogP contribution >= 0.6 is 0 Å². The Hall–Kier alpha value is -4.40. The molecule has 4 aromatic rings. The summed E-state index contributed by atoms with van der Waals surface area (Å²) < 4.78 is 15.9. The highest BCUT2D eigenvalue weighted by Gasteiger charge is 2.19. The molecule has 0 bridgehead atoms. The van der Waals surface area contributed by atoms with Gasteiger partial charge in [0.1, 0.15) is 11.3 Å². The summed E-state index contributed by atoms with van der Waals surface area (Å²) in [7, 11) is 2.74. The number of rotatable bonds is 6. The number of nitrogens with zero attached hydrogens (tertiary/aromatic N) is 2. The number of hydrogen-bond acceptors (Lipinski definition) is 7. The minimum Gasteiger partial charge on any atom is -0.496 e. The highest BCUT2D eigenvalue weighted by Crippen LogP contribution is 2.33. The number of benzene rings is 3. The Kier molecular flexibility index (Phi) is 5.23. The summed E-state index contributed by atoms with van der Waals surface area (Å²) >= 11 is 0. The lowest BCUT2D eigenvalue weighted by Gasteiger charge is -2.08. The van der Waals surface area contributed by atoms with Crippen molar-refractivity contribution in [3.8, 4) is 11.5 Å². The number of amides is 1. The molecule has 0 aliphatic heterocycles. The Bertz CT molecular complexity index is 1340. The second-order valence-electron chi connectivity index (χ2n) is 6.53. The zero-order valence-electron chi connectivity index (χ0n) is 16.6. The third-order valence-electron chi connectivity index (χ3n) is 4.75. The molecule has 156 valence electrons. The highest BCUT2D eigenvalue weighted by atomic mass is 16.6. The van der Waals surface area contributed by atoms with Gasteiger partial charge in [-0.05, 0) is 22.9 Å². The quantitative estimate of drug-likeness (QED) is 0.283. The van der Waals surface area contributed by atoms with Crippen molar-refractivity contribution in [2.24, 2.45) is 5.10 Å². The molecule has 0 saturated heterocycles. The van der Waals surface area contributed by atoms with Crippen LogP contribution < -0.4 is 14.9 Å². The molecule has 1 heterocycles. The maximum atomic E-state index is 12.5. The van der Waals surface area contributed by atoms with Crippen LogP contribution in [0.2, 0.25) is 0 Å². The van der Waals surface area contributed by atoms with E-state index in [1.165, 1.54) is 32.6 Å². The summed E-state index contributed by atoms with van der Waals surface area (Å²) in [5, 5.41) is 18.0. The van der Waals surface area contributed by atoms with E-state index < -0.39 is 10.8 Å². The van der Waals surface area contributed by atoms with Gasteiger partial charge in [0.15, 0.2) is 5.76 Å². The zero-order chi connectivity index (χ0) is 22.0. The van der Waals surface area contributed by atoms with Gasteiger partial charge in [-0.2, -0.15) is 5.10 Å². The number of methoxy groups -OCH3 is 2. The Balaban J connectivity index is 1.59. The Morgan fingerprint density at radius 2 is 1.84 bits per heavy atom. The van der Waals surface area contributed by atoms with Gasteiger partial charge in [-0.25, -0.2) is 5.43 Å². The second-order valence-corrected chi connectivity index (χ2v) is 6.53. The van der Waals surface area contributed by atoms with E-state index in [0.717, 1.165) is 16.2 Å². The van der Waals surface area contributed by atoms with E-state index in [1.54, 1.807) is 12.1 Å². The first-order chi connectivity index (χ1) is 15.0. The van der Waals surface area contributed by atoms with Crippen molar-refractivity contribution in [3.63, 3.8) is 0 Å². The second kappa shape index (κ2) is 8.15. The Morgan fingerprint density at radius 1 is 1.06 bits per heavy atom. The van der Waals surface area contributed by atoms with Gasteiger partial charge in [0.05, 0.1) is 25.4 Å². The van der Waals surface area contributed by atoms with Crippen LogP contribution in [0.15, 0.2) is 64.1 Å². The van der Waals surface area contributed by atoms with Gasteiger partial charge in [-0.15, -0.1) is 0 Å². The molecule has 0 aliphatic rings. The number of hydrogen-bond donors (Lipinski definition) is 1. The highest BCUT2D eigenvalue weighted by molar-refractivity contribution is 6.08. The van der Waals surface area contributed by atoms with Gasteiger partial charge in [-0.1, -0.05) is 30.3 Å². The largest absolute Gasteiger partial charge is 0.496 e. The fraction of sp³-hybridized carbons (Fsp3) is 0.0909. The molecular formula is C22H17N3O6. The van der Waals surface area contributed by atoms with Crippen molar-refractivity contribution >= 4 is 39.6 Å². The van der Waals surface area contributed by atoms with Gasteiger partial charge in [0.2, 0.25) is 5.75 Å². The molecule has 0 saturated carbocycles. The molecule has 1 aromatic heterocycles. The number of furan rings is 1. The number of nitro groups is 1. The summed E-state index contributed by atoms with van der Waals surface area (Å²) in [6.45, 7) is 0. The van der Waals surface area contributed by atoms with Gasteiger partial charge in [0, 0.05) is 23.1 Å². The number of nitrogens with one attached hydrogen (secondary N) is 1. The molecule has 4 rings (SSSR count). The number of carbonyl (C=O) groups excluding carboxylic acids is 1. The smallest absolute Gasteiger partial charge is 0.311 e. The van der Waals surface area contributed by atoms with E-state index in [2.05, 4.69) is 10.5 Å². The molecule has 1 N–H and O–H groups in total. The topological polar surface area (TPSA) is 116 Å². The van der Waals surface area contributed by atoms with Crippen molar-refractivity contribution in [2.45, 2.75) is 0 Å². The van der Waals surface area contributed by atoms with E-state index in [4.69, 9.17) is 13.9 Å². The summed E-state index contributed by atoms with van der Waals surface area (Å²) in [5.41, 5.74) is 3.00. The summed E-state index contributed by atoms with van der Waals surface area (Å²) in [6.07, 6.45) is 1.25. The van der Waals surface area contributed by atoms with Gasteiger partial charge >= 0.3 is 11.6 Å². The molecule has 3 aromatic carbocycles. The average Bonchev–Trinajstić information content (AvgIpc) is 3.23. The van der Waals surface area contributed by atoms with Crippen LogP contribution in [0.3, 0.4) is 0 Å². The standard InChI is InChI=1S/C22H17N3O6/c1-29-19-11-20(30-2)17(25(27)28)9-14(19)12-23-24-22(26)21-10-16-15-6-4-3-5-13(15)7-8-18(16)31-21/h3-12H,1-2H3,(H,24,26)/b23-12+. The van der Waals surface area contributed by atoms with Gasteiger partial charge < -0.3 is 13.9 Å². The number of carbonyl (C=O) groups is 1. The van der Waals surface area contributed by atoms with Crippen molar-refractivity contribution in [1.29, 1.82) is 0 Å². The molecule has 9 nitrogen and oxygen atoms in total. The molecule has 0 fully saturated rings. The predicted octanol–water partition coefficient (Wildman–Crippen LogP) is 4.28. The van der Waals surface area contributed by atoms with Gasteiger partial charge in [-0.3, -0.25) is 14.9 Å². The predicted molar refractivity (Wildman–Crippen MR) is 115 cm³/mol. The zero-order valence-corrected chi connectivity index (χ0v) is 16.6. The van der Waals surface area contributed by atoms with Crippen molar-refractivity contribution in [2.75, 3.05) is 14.2 Å². The summed E-state index contributed by atoms with van der Waals surface area (Å²) in [6, 6.07) is 15.8. The number of fused-ring (bicyclic) bond motifs is 3. The molecule has 0 aliphatic carbocycles. The average molecular weight is 419 g/mol. The minimum atomic E-state index is -0.576. The lowest BCUT2D eigenvalue weighted by molar-refractivity contribution is -0.385.